The lowest BCUT2D eigenvalue weighted by atomic mass is 10.1. The van der Waals surface area contributed by atoms with Gasteiger partial charge in [-0.25, -0.2) is 4.31 Å². The van der Waals surface area contributed by atoms with E-state index < -0.39 is 0 Å². The minimum absolute atomic E-state index is 0.880. The molecule has 0 aromatic carbocycles. The molecule has 0 saturated carbocycles. The van der Waals surface area contributed by atoms with E-state index in [1.165, 1.54) is 31.6 Å². The number of hydrogen-bond donors (Lipinski definition) is 0. The molecule has 1 aliphatic rings. The quantitative estimate of drug-likeness (QED) is 0.448. The van der Waals surface area contributed by atoms with Crippen molar-refractivity contribution < 1.29 is 0 Å². The second kappa shape index (κ2) is 4.24. The second-order valence-corrected chi connectivity index (χ2v) is 3.86. The van der Waals surface area contributed by atoms with Crippen LogP contribution in [-0.4, -0.2) is 16.2 Å². The molecule has 0 amide bonds. The van der Waals surface area contributed by atoms with Gasteiger partial charge in [0.1, 0.15) is 0 Å². The van der Waals surface area contributed by atoms with Crippen LogP contribution in [-0.2, 0) is 0 Å². The first-order valence-corrected chi connectivity index (χ1v) is 5.22. The van der Waals surface area contributed by atoms with Gasteiger partial charge in [-0.1, -0.05) is 38.6 Å². The average molecular weight is 159 g/mol. The zero-order chi connectivity index (χ0) is 7.40. The Morgan fingerprint density at radius 1 is 1.50 bits per heavy atom. The van der Waals surface area contributed by atoms with E-state index in [0.29, 0.717) is 0 Å². The Hall–Kier alpha value is 0.310. The monoisotopic (exact) mass is 159 g/mol. The summed E-state index contributed by atoms with van der Waals surface area (Å²) in [6.07, 6.45) is 5.47. The Balaban J connectivity index is 2.07. The first-order valence-electron chi connectivity index (χ1n) is 4.28. The lowest BCUT2D eigenvalue weighted by molar-refractivity contribution is 0.396. The van der Waals surface area contributed by atoms with Gasteiger partial charge in [-0.15, -0.1) is 0 Å². The van der Waals surface area contributed by atoms with Crippen LogP contribution >= 0.6 is 11.9 Å². The van der Waals surface area contributed by atoms with Crippen LogP contribution < -0.4 is 0 Å². The summed E-state index contributed by atoms with van der Waals surface area (Å²) in [5.41, 5.74) is 0. The summed E-state index contributed by atoms with van der Waals surface area (Å²) in [6, 6.07) is 0.880. The average Bonchev–Trinajstić information content (AvgIpc) is 2.73. The van der Waals surface area contributed by atoms with Crippen LogP contribution in [0.5, 0.6) is 0 Å². The first-order chi connectivity index (χ1) is 4.88. The van der Waals surface area contributed by atoms with Crippen LogP contribution in [0.4, 0.5) is 0 Å². The number of rotatable bonds is 5. The molecule has 1 aliphatic heterocycles. The number of unbranched alkanes of at least 4 members (excludes halogenated alkanes) is 1. The lowest BCUT2D eigenvalue weighted by Gasteiger charge is -2.12. The third-order valence-corrected chi connectivity index (χ3v) is 2.90. The topological polar surface area (TPSA) is 3.01 Å². The maximum absolute atomic E-state index is 2.50. The van der Waals surface area contributed by atoms with Gasteiger partial charge in [0.2, 0.25) is 0 Å². The highest BCUT2D eigenvalue weighted by Crippen LogP contribution is 2.34. The predicted octanol–water partition coefficient (Wildman–Crippen LogP) is 2.88. The highest BCUT2D eigenvalue weighted by molar-refractivity contribution is 8.03. The van der Waals surface area contributed by atoms with Gasteiger partial charge in [0.05, 0.1) is 5.88 Å². The Labute approximate surface area is 68.3 Å². The molecule has 0 aliphatic carbocycles. The minimum atomic E-state index is 0.880. The smallest absolute Gasteiger partial charge is 0.0698 e. The van der Waals surface area contributed by atoms with Gasteiger partial charge in [0.25, 0.3) is 0 Å². The summed E-state index contributed by atoms with van der Waals surface area (Å²) in [4.78, 5) is 0. The van der Waals surface area contributed by atoms with Crippen molar-refractivity contribution in [3.05, 3.63) is 0 Å². The van der Waals surface area contributed by atoms with E-state index in [1.54, 1.807) is 0 Å². The molecule has 0 bridgehead atoms. The second-order valence-electron chi connectivity index (χ2n) is 2.88. The fourth-order valence-electron chi connectivity index (χ4n) is 1.24. The fourth-order valence-corrected chi connectivity index (χ4v) is 1.98. The molecule has 2 unspecified atom stereocenters. The normalized spacial score (nSPS) is 26.4. The highest BCUT2D eigenvalue weighted by Gasteiger charge is 2.26. The molecule has 1 fully saturated rings. The standard InChI is InChI=1S/C8H17NS/c1-3-5-6-8(4-2)9-7-10-9/h8H,3-7H2,1-2H3. The molecule has 0 aromatic heterocycles. The van der Waals surface area contributed by atoms with Gasteiger partial charge in [-0.2, -0.15) is 0 Å². The van der Waals surface area contributed by atoms with Gasteiger partial charge in [-0.3, -0.25) is 0 Å². The van der Waals surface area contributed by atoms with Crippen molar-refractivity contribution in [3.8, 4) is 0 Å². The van der Waals surface area contributed by atoms with Gasteiger partial charge >= 0.3 is 0 Å². The van der Waals surface area contributed by atoms with Crippen LogP contribution in [0.2, 0.25) is 0 Å². The largest absolute Gasteiger partial charge is 0.235 e. The summed E-state index contributed by atoms with van der Waals surface area (Å²) < 4.78 is 2.50. The number of nitrogens with zero attached hydrogens (tertiary/aromatic N) is 1. The van der Waals surface area contributed by atoms with Crippen LogP contribution in [0.15, 0.2) is 0 Å². The predicted molar refractivity (Wildman–Crippen MR) is 47.9 cm³/mol. The molecule has 2 heteroatoms. The SMILES string of the molecule is CCCCC(CC)N1CS1. The van der Waals surface area contributed by atoms with E-state index in [9.17, 15) is 0 Å². The van der Waals surface area contributed by atoms with E-state index in [0.717, 1.165) is 6.04 Å². The Bertz CT molecular complexity index is 91.3. The third-order valence-electron chi connectivity index (χ3n) is 2.05. The van der Waals surface area contributed by atoms with E-state index in [-0.39, 0.29) is 0 Å². The van der Waals surface area contributed by atoms with Crippen LogP contribution in [0.1, 0.15) is 39.5 Å². The zero-order valence-corrected chi connectivity index (χ0v) is 7.78. The van der Waals surface area contributed by atoms with E-state index >= 15 is 0 Å². The summed E-state index contributed by atoms with van der Waals surface area (Å²) in [7, 11) is 0. The minimum Gasteiger partial charge on any atom is -0.235 e. The molecular formula is C8H17NS. The Kier molecular flexibility index (Phi) is 3.57. The summed E-state index contributed by atoms with van der Waals surface area (Å²) in [5, 5.41) is 0. The fraction of sp³-hybridized carbons (Fsp3) is 1.00. The van der Waals surface area contributed by atoms with Gasteiger partial charge in [0.15, 0.2) is 0 Å². The summed E-state index contributed by atoms with van der Waals surface area (Å²) >= 11 is 1.98. The molecule has 2 atom stereocenters. The molecule has 1 saturated heterocycles. The lowest BCUT2D eigenvalue weighted by Crippen LogP contribution is -2.15. The molecule has 10 heavy (non-hydrogen) atoms. The molecular weight excluding hydrogens is 142 g/mol. The Morgan fingerprint density at radius 3 is 2.60 bits per heavy atom. The zero-order valence-electron chi connectivity index (χ0n) is 6.97. The van der Waals surface area contributed by atoms with Crippen molar-refractivity contribution in [1.82, 2.24) is 4.31 Å². The van der Waals surface area contributed by atoms with Crippen LogP contribution in [0.3, 0.4) is 0 Å². The van der Waals surface area contributed by atoms with Crippen molar-refractivity contribution in [2.75, 3.05) is 5.88 Å². The Morgan fingerprint density at radius 2 is 2.20 bits per heavy atom. The molecule has 60 valence electrons. The molecule has 1 heterocycles. The summed E-state index contributed by atoms with van der Waals surface area (Å²) in [5.74, 6) is 1.28. The maximum Gasteiger partial charge on any atom is 0.0698 e. The van der Waals surface area contributed by atoms with Crippen molar-refractivity contribution >= 4 is 11.9 Å². The summed E-state index contributed by atoms with van der Waals surface area (Å²) in [6.45, 7) is 4.56. The van der Waals surface area contributed by atoms with E-state index in [1.807, 2.05) is 11.9 Å². The third kappa shape index (κ3) is 2.51. The number of hydrogen-bond acceptors (Lipinski definition) is 2. The molecule has 0 aromatic rings. The molecule has 1 rings (SSSR count). The van der Waals surface area contributed by atoms with Crippen LogP contribution in [0, 0.1) is 0 Å². The van der Waals surface area contributed by atoms with Gasteiger partial charge in [-0.05, 0) is 12.8 Å². The molecule has 1 nitrogen and oxygen atoms in total. The van der Waals surface area contributed by atoms with E-state index in [4.69, 9.17) is 0 Å². The van der Waals surface area contributed by atoms with Crippen LogP contribution in [0.25, 0.3) is 0 Å². The highest BCUT2D eigenvalue weighted by atomic mass is 32.2. The first kappa shape index (κ1) is 8.41. The van der Waals surface area contributed by atoms with Gasteiger partial charge in [0, 0.05) is 6.04 Å². The maximum atomic E-state index is 2.50. The van der Waals surface area contributed by atoms with Crippen molar-refractivity contribution in [1.29, 1.82) is 0 Å². The van der Waals surface area contributed by atoms with Crippen molar-refractivity contribution in [3.63, 3.8) is 0 Å². The van der Waals surface area contributed by atoms with Gasteiger partial charge < -0.3 is 0 Å². The molecule has 0 radical (unpaired) electrons. The van der Waals surface area contributed by atoms with E-state index in [2.05, 4.69) is 18.2 Å². The van der Waals surface area contributed by atoms with Crippen molar-refractivity contribution in [2.45, 2.75) is 45.6 Å². The van der Waals surface area contributed by atoms with Crippen molar-refractivity contribution in [2.24, 2.45) is 0 Å². The molecule has 0 N–H and O–H groups in total. The molecule has 0 spiro atoms.